The summed E-state index contributed by atoms with van der Waals surface area (Å²) in [6, 6.07) is 8.00. The van der Waals surface area contributed by atoms with E-state index in [0.29, 0.717) is 19.6 Å². The molecule has 2 aliphatic rings. The van der Waals surface area contributed by atoms with Crippen LogP contribution in [-0.4, -0.2) is 70.0 Å². The van der Waals surface area contributed by atoms with E-state index < -0.39 is 5.60 Å². The fourth-order valence-electron chi connectivity index (χ4n) is 4.37. The van der Waals surface area contributed by atoms with Crippen molar-refractivity contribution in [1.29, 1.82) is 0 Å². The van der Waals surface area contributed by atoms with Gasteiger partial charge in [0.2, 0.25) is 5.28 Å². The Morgan fingerprint density at radius 1 is 1.13 bits per heavy atom. The summed E-state index contributed by atoms with van der Waals surface area (Å²) >= 11 is 7.97. The number of fused-ring (bicyclic) bond motifs is 1. The molecule has 0 saturated carbocycles. The average Bonchev–Trinajstić information content (AvgIpc) is 3.18. The number of likely N-dealkylation sites (tertiary alicyclic amines) is 1. The maximum Gasteiger partial charge on any atom is 0.224 e. The van der Waals surface area contributed by atoms with Crippen LogP contribution in [-0.2, 0) is 17.7 Å². The van der Waals surface area contributed by atoms with Crippen LogP contribution in [0.4, 0.5) is 5.82 Å². The third kappa shape index (κ3) is 4.83. The molecule has 0 bridgehead atoms. The monoisotopic (exact) mass is 459 g/mol. The van der Waals surface area contributed by atoms with Gasteiger partial charge in [0.15, 0.2) is 5.82 Å². The SMILES string of the molecule is OC1(Cc2ccccn2)CCN(Cc2cc3nc(Cl)nc(N4CCOCC4)c3s2)CC1. The number of nitrogens with zero attached hydrogens (tertiary/aromatic N) is 5. The van der Waals surface area contributed by atoms with E-state index in [1.807, 2.05) is 18.2 Å². The van der Waals surface area contributed by atoms with E-state index in [1.165, 1.54) is 4.88 Å². The van der Waals surface area contributed by atoms with Gasteiger partial charge in [0.25, 0.3) is 0 Å². The zero-order valence-electron chi connectivity index (χ0n) is 17.3. The fourth-order valence-corrected chi connectivity index (χ4v) is 5.69. The number of halogens is 1. The summed E-state index contributed by atoms with van der Waals surface area (Å²) in [5.41, 5.74) is 1.19. The van der Waals surface area contributed by atoms with Crippen molar-refractivity contribution in [3.8, 4) is 0 Å². The molecule has 164 valence electrons. The van der Waals surface area contributed by atoms with E-state index >= 15 is 0 Å². The molecule has 5 rings (SSSR count). The molecule has 2 fully saturated rings. The summed E-state index contributed by atoms with van der Waals surface area (Å²) in [7, 11) is 0. The maximum atomic E-state index is 11.0. The van der Waals surface area contributed by atoms with Crippen LogP contribution >= 0.6 is 22.9 Å². The number of thiophene rings is 1. The number of piperidine rings is 1. The summed E-state index contributed by atoms with van der Waals surface area (Å²) in [5.74, 6) is 0.915. The molecule has 0 atom stereocenters. The second kappa shape index (κ2) is 8.96. The Morgan fingerprint density at radius 2 is 1.94 bits per heavy atom. The van der Waals surface area contributed by atoms with Gasteiger partial charge in [-0.1, -0.05) is 6.07 Å². The van der Waals surface area contributed by atoms with E-state index in [0.717, 1.165) is 67.3 Å². The number of morpholine rings is 1. The number of anilines is 1. The van der Waals surface area contributed by atoms with E-state index in [2.05, 4.69) is 30.8 Å². The van der Waals surface area contributed by atoms with Crippen molar-refractivity contribution in [2.45, 2.75) is 31.4 Å². The molecule has 0 aliphatic carbocycles. The Balaban J connectivity index is 1.27. The molecule has 31 heavy (non-hydrogen) atoms. The van der Waals surface area contributed by atoms with Gasteiger partial charge in [-0.05, 0) is 42.6 Å². The van der Waals surface area contributed by atoms with Gasteiger partial charge in [0.1, 0.15) is 0 Å². The Hall–Kier alpha value is -1.84. The number of ether oxygens (including phenoxy) is 1. The van der Waals surface area contributed by atoms with Crippen LogP contribution in [0, 0.1) is 0 Å². The molecule has 9 heteroatoms. The van der Waals surface area contributed by atoms with Gasteiger partial charge in [-0.25, -0.2) is 4.98 Å². The first kappa shape index (κ1) is 21.0. The van der Waals surface area contributed by atoms with Crippen LogP contribution in [0.3, 0.4) is 0 Å². The van der Waals surface area contributed by atoms with Gasteiger partial charge in [-0.2, -0.15) is 4.98 Å². The minimum atomic E-state index is -0.673. The normalized spacial score (nSPS) is 19.7. The molecule has 3 aromatic rings. The highest BCUT2D eigenvalue weighted by Crippen LogP contribution is 2.35. The molecule has 0 radical (unpaired) electrons. The molecular weight excluding hydrogens is 434 g/mol. The maximum absolute atomic E-state index is 11.0. The molecule has 2 aliphatic heterocycles. The molecule has 3 aromatic heterocycles. The molecule has 5 heterocycles. The number of rotatable bonds is 5. The predicted molar refractivity (Wildman–Crippen MR) is 123 cm³/mol. The van der Waals surface area contributed by atoms with E-state index in [9.17, 15) is 5.11 Å². The first-order valence-electron chi connectivity index (χ1n) is 10.7. The lowest BCUT2D eigenvalue weighted by Gasteiger charge is -2.38. The third-order valence-corrected chi connectivity index (χ3v) is 7.36. The summed E-state index contributed by atoms with van der Waals surface area (Å²) < 4.78 is 6.57. The summed E-state index contributed by atoms with van der Waals surface area (Å²) in [6.07, 6.45) is 3.90. The van der Waals surface area contributed by atoms with Gasteiger partial charge >= 0.3 is 0 Å². The molecule has 0 amide bonds. The lowest BCUT2D eigenvalue weighted by Crippen LogP contribution is -2.45. The zero-order valence-corrected chi connectivity index (χ0v) is 18.9. The van der Waals surface area contributed by atoms with E-state index in [4.69, 9.17) is 16.3 Å². The van der Waals surface area contributed by atoms with Crippen LogP contribution < -0.4 is 4.90 Å². The predicted octanol–water partition coefficient (Wildman–Crippen LogP) is 3.15. The van der Waals surface area contributed by atoms with Crippen molar-refractivity contribution in [3.05, 3.63) is 46.3 Å². The lowest BCUT2D eigenvalue weighted by molar-refractivity contribution is -0.0229. The van der Waals surface area contributed by atoms with E-state index in [1.54, 1.807) is 17.5 Å². The number of hydrogen-bond acceptors (Lipinski definition) is 8. The first-order valence-corrected chi connectivity index (χ1v) is 11.9. The van der Waals surface area contributed by atoms with Gasteiger partial charge in [0.05, 0.1) is 29.0 Å². The van der Waals surface area contributed by atoms with Crippen LogP contribution in [0.1, 0.15) is 23.4 Å². The minimum Gasteiger partial charge on any atom is -0.389 e. The second-order valence-corrected chi connectivity index (χ2v) is 9.82. The van der Waals surface area contributed by atoms with Crippen molar-refractivity contribution in [2.75, 3.05) is 44.3 Å². The molecule has 0 aromatic carbocycles. The number of aromatic nitrogens is 3. The molecule has 0 unspecified atom stereocenters. The van der Waals surface area contributed by atoms with Crippen molar-refractivity contribution in [3.63, 3.8) is 0 Å². The highest BCUT2D eigenvalue weighted by molar-refractivity contribution is 7.19. The number of aliphatic hydroxyl groups is 1. The third-order valence-electron chi connectivity index (χ3n) is 6.09. The average molecular weight is 460 g/mol. The Labute approximate surface area is 190 Å². The second-order valence-electron chi connectivity index (χ2n) is 8.34. The van der Waals surface area contributed by atoms with Gasteiger partial charge in [-0.15, -0.1) is 11.3 Å². The lowest BCUT2D eigenvalue weighted by atomic mass is 9.87. The smallest absolute Gasteiger partial charge is 0.224 e. The molecule has 7 nitrogen and oxygen atoms in total. The number of hydrogen-bond donors (Lipinski definition) is 1. The highest BCUT2D eigenvalue weighted by atomic mass is 35.5. The molecule has 1 N–H and O–H groups in total. The van der Waals surface area contributed by atoms with Crippen molar-refractivity contribution in [2.24, 2.45) is 0 Å². The van der Waals surface area contributed by atoms with Crippen molar-refractivity contribution < 1.29 is 9.84 Å². The number of pyridine rings is 1. The van der Waals surface area contributed by atoms with Gasteiger partial charge < -0.3 is 14.7 Å². The van der Waals surface area contributed by atoms with Crippen LogP contribution in [0.15, 0.2) is 30.5 Å². The standard InChI is InChI=1S/C22H26ClN5O2S/c23-21-25-18-13-17(31-19(18)20(26-21)28-9-11-30-12-10-28)15-27-7-4-22(29,5-8-27)14-16-3-1-2-6-24-16/h1-3,6,13,29H,4-5,7-12,14-15H2. The van der Waals surface area contributed by atoms with Crippen LogP contribution in [0.5, 0.6) is 0 Å². The summed E-state index contributed by atoms with van der Waals surface area (Å²) in [4.78, 5) is 19.2. The van der Waals surface area contributed by atoms with Crippen molar-refractivity contribution in [1.82, 2.24) is 19.9 Å². The Bertz CT molecular complexity index is 1030. The van der Waals surface area contributed by atoms with Crippen LogP contribution in [0.25, 0.3) is 10.2 Å². The Kier molecular flexibility index (Phi) is 6.08. The Morgan fingerprint density at radius 3 is 2.68 bits per heavy atom. The fraction of sp³-hybridized carbons (Fsp3) is 0.500. The highest BCUT2D eigenvalue weighted by Gasteiger charge is 2.33. The van der Waals surface area contributed by atoms with Gasteiger partial charge in [-0.3, -0.25) is 9.88 Å². The van der Waals surface area contributed by atoms with Crippen molar-refractivity contribution >= 4 is 39.0 Å². The van der Waals surface area contributed by atoms with E-state index in [-0.39, 0.29) is 5.28 Å². The van der Waals surface area contributed by atoms with Crippen LogP contribution in [0.2, 0.25) is 5.28 Å². The van der Waals surface area contributed by atoms with Gasteiger partial charge in [0, 0.05) is 55.9 Å². The molecule has 2 saturated heterocycles. The molecular formula is C22H26ClN5O2S. The molecule has 0 spiro atoms. The minimum absolute atomic E-state index is 0.288. The summed E-state index contributed by atoms with van der Waals surface area (Å²) in [5, 5.41) is 11.3. The largest absolute Gasteiger partial charge is 0.389 e. The zero-order chi connectivity index (χ0) is 21.3. The summed E-state index contributed by atoms with van der Waals surface area (Å²) in [6.45, 7) is 5.61. The first-order chi connectivity index (χ1) is 15.1. The quantitative estimate of drug-likeness (QED) is 0.587. The topological polar surface area (TPSA) is 74.6 Å².